The summed E-state index contributed by atoms with van der Waals surface area (Å²) in [6, 6.07) is 0. The number of hydrogen-bond acceptors (Lipinski definition) is 5. The summed E-state index contributed by atoms with van der Waals surface area (Å²) in [5, 5.41) is 4.54. The minimum absolute atomic E-state index is 0. The smallest absolute Gasteiger partial charge is 0.410 e. The molecular weight excluding hydrogens is 513 g/mol. The van der Waals surface area contributed by atoms with Crippen LogP contribution in [0, 0.1) is 19.8 Å². The molecule has 30 heavy (non-hydrogen) atoms. The fourth-order valence-corrected chi connectivity index (χ4v) is 4.27. The van der Waals surface area contributed by atoms with Gasteiger partial charge >= 0.3 is 6.09 Å². The summed E-state index contributed by atoms with van der Waals surface area (Å²) in [4.78, 5) is 26.8. The van der Waals surface area contributed by atoms with Crippen LogP contribution in [-0.4, -0.2) is 65.7 Å². The molecule has 0 spiro atoms. The average Bonchev–Trinajstić information content (AvgIpc) is 2.97. The van der Waals surface area contributed by atoms with E-state index >= 15 is 0 Å². The Labute approximate surface area is 202 Å². The third kappa shape index (κ3) is 8.20. The number of hydrogen-bond donors (Lipinski definition) is 1. The van der Waals surface area contributed by atoms with Crippen molar-refractivity contribution in [2.45, 2.75) is 66.5 Å². The van der Waals surface area contributed by atoms with Crippen molar-refractivity contribution in [2.24, 2.45) is 10.9 Å². The number of ether oxygens (including phenoxy) is 1. The Balaban J connectivity index is 0.00000450. The molecule has 0 atom stereocenters. The minimum Gasteiger partial charge on any atom is -0.444 e. The lowest BCUT2D eigenvalue weighted by Gasteiger charge is -2.36. The van der Waals surface area contributed by atoms with Gasteiger partial charge in [-0.2, -0.15) is 0 Å². The van der Waals surface area contributed by atoms with Crippen LogP contribution in [0.2, 0.25) is 0 Å². The third-order valence-electron chi connectivity index (χ3n) is 5.11. The maximum Gasteiger partial charge on any atom is 0.410 e. The van der Waals surface area contributed by atoms with Gasteiger partial charge < -0.3 is 19.9 Å². The van der Waals surface area contributed by atoms with Crippen molar-refractivity contribution in [3.8, 4) is 0 Å². The molecule has 1 aliphatic rings. The summed E-state index contributed by atoms with van der Waals surface area (Å²) in [5.41, 5.74) is 0.647. The van der Waals surface area contributed by atoms with Crippen molar-refractivity contribution in [3.05, 3.63) is 15.6 Å². The van der Waals surface area contributed by atoms with Crippen LogP contribution in [0.4, 0.5) is 4.79 Å². The molecule has 0 radical (unpaired) electrons. The Morgan fingerprint density at radius 2 is 1.97 bits per heavy atom. The van der Waals surface area contributed by atoms with Crippen LogP contribution in [0.5, 0.6) is 0 Å². The summed E-state index contributed by atoms with van der Waals surface area (Å²) in [7, 11) is 1.83. The number of carbonyl (C=O) groups excluding carboxylic acids is 1. The lowest BCUT2D eigenvalue weighted by molar-refractivity contribution is 0.0214. The molecule has 1 fully saturated rings. The first-order valence-corrected chi connectivity index (χ1v) is 11.3. The standard InChI is InChI=1S/C21H37N5O2S.HI/c1-8-25(20(27)28-21(4,5)6)14-17-9-11-26(12-10-17)19(22-7)23-13-18-24-15(2)16(3)29-18;/h17H,8-14H2,1-7H3,(H,22,23);1H. The zero-order chi connectivity index (χ0) is 21.6. The van der Waals surface area contributed by atoms with Crippen LogP contribution in [0.1, 0.15) is 56.1 Å². The molecule has 1 N–H and O–H groups in total. The van der Waals surface area contributed by atoms with Crippen LogP contribution in [0.15, 0.2) is 4.99 Å². The number of guanidine groups is 1. The molecule has 0 saturated carbocycles. The molecule has 1 aromatic heterocycles. The second-order valence-electron chi connectivity index (χ2n) is 8.60. The molecule has 0 aliphatic carbocycles. The first-order chi connectivity index (χ1) is 13.6. The largest absolute Gasteiger partial charge is 0.444 e. The van der Waals surface area contributed by atoms with Crippen LogP contribution in [-0.2, 0) is 11.3 Å². The fourth-order valence-electron chi connectivity index (χ4n) is 3.40. The zero-order valence-electron chi connectivity index (χ0n) is 19.4. The highest BCUT2D eigenvalue weighted by atomic mass is 127. The number of halogens is 1. The van der Waals surface area contributed by atoms with Crippen LogP contribution in [0.25, 0.3) is 0 Å². The number of rotatable bonds is 5. The normalized spacial score (nSPS) is 15.6. The highest BCUT2D eigenvalue weighted by Crippen LogP contribution is 2.21. The Bertz CT molecular complexity index is 689. The topological polar surface area (TPSA) is 70.1 Å². The summed E-state index contributed by atoms with van der Waals surface area (Å²) in [6.07, 6.45) is 1.86. The lowest BCUT2D eigenvalue weighted by atomic mass is 9.96. The Hall–Kier alpha value is -1.10. The van der Waals surface area contributed by atoms with Gasteiger partial charge in [-0.15, -0.1) is 35.3 Å². The zero-order valence-corrected chi connectivity index (χ0v) is 22.6. The van der Waals surface area contributed by atoms with Gasteiger partial charge in [0.1, 0.15) is 10.6 Å². The first-order valence-electron chi connectivity index (χ1n) is 10.5. The first kappa shape index (κ1) is 26.9. The van der Waals surface area contributed by atoms with E-state index in [2.05, 4.69) is 27.1 Å². The van der Waals surface area contributed by atoms with Crippen molar-refractivity contribution >= 4 is 47.4 Å². The molecule has 1 aromatic rings. The van der Waals surface area contributed by atoms with Crippen LogP contribution >= 0.6 is 35.3 Å². The van der Waals surface area contributed by atoms with E-state index in [-0.39, 0.29) is 30.1 Å². The number of aliphatic imine (C=N–C) groups is 1. The van der Waals surface area contributed by atoms with Crippen molar-refractivity contribution in [2.75, 3.05) is 33.2 Å². The third-order valence-corrected chi connectivity index (χ3v) is 6.18. The van der Waals surface area contributed by atoms with Gasteiger partial charge in [0.15, 0.2) is 5.96 Å². The monoisotopic (exact) mass is 551 g/mol. The molecule has 2 rings (SSSR count). The number of aryl methyl sites for hydroxylation is 2. The summed E-state index contributed by atoms with van der Waals surface area (Å²) >= 11 is 1.73. The van der Waals surface area contributed by atoms with Gasteiger partial charge in [0.05, 0.1) is 12.2 Å². The molecular formula is C21H38IN5O2S. The van der Waals surface area contributed by atoms with Gasteiger partial charge in [0, 0.05) is 38.1 Å². The quantitative estimate of drug-likeness (QED) is 0.333. The van der Waals surface area contributed by atoms with Gasteiger partial charge in [0.25, 0.3) is 0 Å². The molecule has 0 aromatic carbocycles. The highest BCUT2D eigenvalue weighted by molar-refractivity contribution is 14.0. The SMILES string of the molecule is CCN(CC1CCN(C(=NC)NCc2nc(C)c(C)s2)CC1)C(=O)OC(C)(C)C.I. The number of piperidine rings is 1. The van der Waals surface area contributed by atoms with Crippen molar-refractivity contribution in [1.29, 1.82) is 0 Å². The van der Waals surface area contributed by atoms with E-state index in [0.717, 1.165) is 49.1 Å². The number of nitrogens with zero attached hydrogens (tertiary/aromatic N) is 4. The van der Waals surface area contributed by atoms with E-state index in [0.29, 0.717) is 19.0 Å². The van der Waals surface area contributed by atoms with E-state index in [1.165, 1.54) is 4.88 Å². The number of nitrogens with one attached hydrogen (secondary N) is 1. The second-order valence-corrected chi connectivity index (χ2v) is 9.89. The second kappa shape index (κ2) is 12.1. The Morgan fingerprint density at radius 3 is 2.43 bits per heavy atom. The predicted molar refractivity (Wildman–Crippen MR) is 135 cm³/mol. The van der Waals surface area contributed by atoms with Crippen molar-refractivity contribution < 1.29 is 9.53 Å². The number of amides is 1. The van der Waals surface area contributed by atoms with Crippen LogP contribution in [0.3, 0.4) is 0 Å². The molecule has 7 nitrogen and oxygen atoms in total. The van der Waals surface area contributed by atoms with Gasteiger partial charge in [-0.1, -0.05) is 0 Å². The number of carbonyl (C=O) groups is 1. The molecule has 0 unspecified atom stereocenters. The van der Waals surface area contributed by atoms with Gasteiger partial charge in [-0.25, -0.2) is 9.78 Å². The van der Waals surface area contributed by atoms with Crippen LogP contribution < -0.4 is 5.32 Å². The number of thiazole rings is 1. The maximum atomic E-state index is 12.4. The Morgan fingerprint density at radius 1 is 1.33 bits per heavy atom. The van der Waals surface area contributed by atoms with Crippen molar-refractivity contribution in [1.82, 2.24) is 20.1 Å². The summed E-state index contributed by atoms with van der Waals surface area (Å²) < 4.78 is 5.54. The predicted octanol–water partition coefficient (Wildman–Crippen LogP) is 4.42. The Kier molecular flexibility index (Phi) is 10.8. The number of aromatic nitrogens is 1. The molecule has 172 valence electrons. The molecule has 1 amide bonds. The lowest BCUT2D eigenvalue weighted by Crippen LogP contribution is -2.47. The van der Waals surface area contributed by atoms with Gasteiger partial charge in [-0.05, 0) is 60.3 Å². The highest BCUT2D eigenvalue weighted by Gasteiger charge is 2.27. The fraction of sp³-hybridized carbons (Fsp3) is 0.762. The van der Waals surface area contributed by atoms with E-state index in [1.54, 1.807) is 11.3 Å². The van der Waals surface area contributed by atoms with E-state index in [9.17, 15) is 4.79 Å². The molecule has 1 aliphatic heterocycles. The van der Waals surface area contributed by atoms with E-state index in [1.807, 2.05) is 46.6 Å². The van der Waals surface area contributed by atoms with Crippen molar-refractivity contribution in [3.63, 3.8) is 0 Å². The van der Waals surface area contributed by atoms with Gasteiger partial charge in [0.2, 0.25) is 0 Å². The van der Waals surface area contributed by atoms with E-state index < -0.39 is 5.60 Å². The molecule has 2 heterocycles. The molecule has 0 bridgehead atoms. The van der Waals surface area contributed by atoms with E-state index in [4.69, 9.17) is 4.74 Å². The molecule has 1 saturated heterocycles. The summed E-state index contributed by atoms with van der Waals surface area (Å²) in [5.74, 6) is 1.41. The maximum absolute atomic E-state index is 12.4. The number of likely N-dealkylation sites (tertiary alicyclic amines) is 1. The molecule has 9 heteroatoms. The minimum atomic E-state index is -0.458. The van der Waals surface area contributed by atoms with Gasteiger partial charge in [-0.3, -0.25) is 4.99 Å². The summed E-state index contributed by atoms with van der Waals surface area (Å²) in [6.45, 7) is 15.9. The average molecular weight is 552 g/mol.